The number of halogens is 3. The number of methoxy groups -OCH3 is 1. The van der Waals surface area contributed by atoms with Crippen LogP contribution in [0.1, 0.15) is 141 Å². The Morgan fingerprint density at radius 3 is 0.654 bits per heavy atom. The summed E-state index contributed by atoms with van der Waals surface area (Å²) in [4.78, 5) is 68.8. The van der Waals surface area contributed by atoms with Crippen molar-refractivity contribution >= 4 is 77.0 Å². The number of carbonyl (C=O) groups is 6. The van der Waals surface area contributed by atoms with E-state index in [1.807, 2.05) is 310 Å². The number of aldehydes is 6. The van der Waals surface area contributed by atoms with E-state index in [1.54, 1.807) is 31.0 Å². The van der Waals surface area contributed by atoms with E-state index in [0.717, 1.165) is 120 Å². The standard InChI is InChI=1S/C16H16O2.C16H16OS.C16H16O.C15H13BrO.C15H13ClO.C15H13FO/c2*1-12-3-5-13(6-4-12)16(11-17)14-7-9-15(18-2)10-8-14;1-12-3-7-14(8-4-12)16(11-17)15-9-5-13(2)6-10-15;3*1-11-2-4-12(5-3-11)15(10-17)13-6-8-14(16)9-7-13/h2*3-11,16H,1-2H3;3-11,16H,1-2H3;3*2-10,15H,1H3. The van der Waals surface area contributed by atoms with Gasteiger partial charge >= 0.3 is 0 Å². The topological polar surface area (TPSA) is 112 Å². The monoisotopic (exact) mass is 1480 g/mol. The largest absolute Gasteiger partial charge is 0.497 e. The number of carbonyl (C=O) groups excluding carboxylic acids is 6. The van der Waals surface area contributed by atoms with E-state index in [-0.39, 0.29) is 41.3 Å². The van der Waals surface area contributed by atoms with Crippen LogP contribution in [0.4, 0.5) is 4.39 Å². The Morgan fingerprint density at radius 1 is 0.288 bits per heavy atom. The minimum Gasteiger partial charge on any atom is -0.497 e. The van der Waals surface area contributed by atoms with Crippen molar-refractivity contribution in [1.82, 2.24) is 0 Å². The maximum absolute atomic E-state index is 12.8. The van der Waals surface area contributed by atoms with Crippen LogP contribution in [0.3, 0.4) is 0 Å². The average Bonchev–Trinajstić information content (AvgIpc) is 0.876. The summed E-state index contributed by atoms with van der Waals surface area (Å²) in [6, 6.07) is 93.4. The molecule has 528 valence electrons. The summed E-state index contributed by atoms with van der Waals surface area (Å²) in [5.74, 6) is -0.739. The molecule has 0 radical (unpaired) electrons. The van der Waals surface area contributed by atoms with Crippen LogP contribution in [0.2, 0.25) is 5.02 Å². The molecule has 0 aliphatic rings. The number of aryl methyl sites for hydroxylation is 7. The number of hydrogen-bond donors (Lipinski definition) is 0. The van der Waals surface area contributed by atoms with Crippen LogP contribution in [0, 0.1) is 54.3 Å². The van der Waals surface area contributed by atoms with E-state index in [9.17, 15) is 33.2 Å². The lowest BCUT2D eigenvalue weighted by Crippen LogP contribution is -2.02. The van der Waals surface area contributed by atoms with E-state index in [4.69, 9.17) is 16.3 Å². The predicted molar refractivity (Wildman–Crippen MR) is 429 cm³/mol. The van der Waals surface area contributed by atoms with Crippen molar-refractivity contribution in [1.29, 1.82) is 0 Å². The van der Waals surface area contributed by atoms with Gasteiger partial charge in [-0.15, -0.1) is 11.8 Å². The first-order valence-corrected chi connectivity index (χ1v) is 36.4. The molecule has 0 aliphatic carbocycles. The molecule has 5 unspecified atom stereocenters. The molecule has 0 bridgehead atoms. The van der Waals surface area contributed by atoms with E-state index in [1.165, 1.54) is 50.4 Å². The average molecular weight is 1480 g/mol. The maximum Gasteiger partial charge on any atom is 0.131 e. The van der Waals surface area contributed by atoms with Gasteiger partial charge in [0.2, 0.25) is 0 Å². The Balaban J connectivity index is 0.000000175. The Bertz CT molecular complexity index is 3900. The predicted octanol–water partition coefficient (Wildman–Crippen LogP) is 22.5. The minimum atomic E-state index is -0.323. The van der Waals surface area contributed by atoms with E-state index >= 15 is 0 Å². The zero-order valence-corrected chi connectivity index (χ0v) is 63.2. The van der Waals surface area contributed by atoms with Gasteiger partial charge in [-0.3, -0.25) is 0 Å². The smallest absolute Gasteiger partial charge is 0.131 e. The minimum absolute atomic E-state index is 0.156. The fourth-order valence-electron chi connectivity index (χ4n) is 11.1. The highest BCUT2D eigenvalue weighted by molar-refractivity contribution is 9.10. The van der Waals surface area contributed by atoms with Gasteiger partial charge in [0.1, 0.15) is 49.3 Å². The van der Waals surface area contributed by atoms with E-state index in [2.05, 4.69) is 28.1 Å². The molecule has 7 nitrogen and oxygen atoms in total. The molecular weight excluding hydrogens is 1400 g/mol. The summed E-state index contributed by atoms with van der Waals surface area (Å²) in [6.45, 7) is 14.2. The van der Waals surface area contributed by atoms with E-state index < -0.39 is 0 Å². The maximum atomic E-state index is 12.8. The summed E-state index contributed by atoms with van der Waals surface area (Å²) in [7, 11) is 1.63. The van der Waals surface area contributed by atoms with Crippen molar-refractivity contribution < 1.29 is 37.9 Å². The highest BCUT2D eigenvalue weighted by Gasteiger charge is 2.18. The first-order valence-electron chi connectivity index (χ1n) is 34.0. The summed E-state index contributed by atoms with van der Waals surface area (Å²) in [5.41, 5.74) is 20.3. The highest BCUT2D eigenvalue weighted by atomic mass is 79.9. The first-order chi connectivity index (χ1) is 50.3. The van der Waals surface area contributed by atoms with Gasteiger partial charge in [0.25, 0.3) is 0 Å². The van der Waals surface area contributed by atoms with E-state index in [0.29, 0.717) is 5.02 Å². The number of ether oxygens (including phenoxy) is 1. The summed E-state index contributed by atoms with van der Waals surface area (Å²) < 4.78 is 19.0. The first kappa shape index (κ1) is 80.8. The summed E-state index contributed by atoms with van der Waals surface area (Å²) in [6.07, 6.45) is 7.90. The lowest BCUT2D eigenvalue weighted by molar-refractivity contribution is -0.109. The molecule has 12 aromatic rings. The number of thioether (sulfide) groups is 1. The number of rotatable bonds is 20. The molecule has 0 spiro atoms. The van der Waals surface area contributed by atoms with Crippen LogP contribution in [-0.4, -0.2) is 51.1 Å². The lowest BCUT2D eigenvalue weighted by atomic mass is 9.92. The fraction of sp³-hybridized carbons (Fsp3) is 0.161. The normalized spacial score (nSPS) is 11.8. The Labute approximate surface area is 630 Å². The van der Waals surface area contributed by atoms with Crippen LogP contribution < -0.4 is 4.74 Å². The molecule has 0 fully saturated rings. The molecule has 12 aromatic carbocycles. The van der Waals surface area contributed by atoms with Crippen LogP contribution in [0.15, 0.2) is 301 Å². The molecule has 104 heavy (non-hydrogen) atoms. The molecule has 0 saturated heterocycles. The van der Waals surface area contributed by atoms with Crippen molar-refractivity contribution in [2.75, 3.05) is 13.4 Å². The van der Waals surface area contributed by atoms with Crippen LogP contribution in [0.5, 0.6) is 5.75 Å². The second-order valence-electron chi connectivity index (χ2n) is 25.3. The molecule has 0 aromatic heterocycles. The number of benzene rings is 12. The van der Waals surface area contributed by atoms with Crippen LogP contribution >= 0.6 is 39.3 Å². The van der Waals surface area contributed by atoms with Gasteiger partial charge in [-0.05, 0) is 182 Å². The zero-order chi connectivity index (χ0) is 74.9. The van der Waals surface area contributed by atoms with Crippen molar-refractivity contribution in [2.45, 2.75) is 88.9 Å². The molecule has 12 rings (SSSR count). The quantitative estimate of drug-likeness (QED) is 0.0548. The van der Waals surface area contributed by atoms with Crippen molar-refractivity contribution in [3.05, 3.63) is 412 Å². The van der Waals surface area contributed by atoms with Gasteiger partial charge in [0.15, 0.2) is 0 Å². The van der Waals surface area contributed by atoms with Crippen molar-refractivity contribution in [3.63, 3.8) is 0 Å². The van der Waals surface area contributed by atoms with Crippen LogP contribution in [0.25, 0.3) is 0 Å². The molecule has 0 heterocycles. The third kappa shape index (κ3) is 24.9. The Hall–Kier alpha value is -10.5. The second kappa shape index (κ2) is 42.2. The third-order valence-electron chi connectivity index (χ3n) is 17.5. The molecule has 0 saturated carbocycles. The number of hydrogen-bond acceptors (Lipinski definition) is 8. The molecule has 11 heteroatoms. The lowest BCUT2D eigenvalue weighted by Gasteiger charge is -2.12. The highest BCUT2D eigenvalue weighted by Crippen LogP contribution is 2.31. The SMILES string of the molecule is COc1ccc(C(C=O)c2ccc(C)cc2)cc1.CSc1ccc(C(C=O)c2ccc(C)cc2)cc1.Cc1ccc(C(C=O)c2ccc(Br)cc2)cc1.Cc1ccc(C(C=O)c2ccc(C)cc2)cc1.Cc1ccc(C(C=O)c2ccc(Cl)cc2)cc1.Cc1ccc(C(C=O)c2ccc(F)cc2)cc1. The fourth-order valence-corrected chi connectivity index (χ4v) is 11.9. The molecule has 0 amide bonds. The molecule has 0 N–H and O–H groups in total. The summed E-state index contributed by atoms with van der Waals surface area (Å²) >= 11 is 10.9. The van der Waals surface area contributed by atoms with Crippen molar-refractivity contribution in [2.24, 2.45) is 0 Å². The van der Waals surface area contributed by atoms with Gasteiger partial charge in [0, 0.05) is 14.4 Å². The molecule has 5 atom stereocenters. The Morgan fingerprint density at radius 2 is 0.462 bits per heavy atom. The zero-order valence-electron chi connectivity index (χ0n) is 60.0. The van der Waals surface area contributed by atoms with Gasteiger partial charge < -0.3 is 33.5 Å². The molecule has 0 aliphatic heterocycles. The van der Waals surface area contributed by atoms with Crippen molar-refractivity contribution in [3.8, 4) is 5.75 Å². The Kier molecular flexibility index (Phi) is 32.8. The third-order valence-corrected chi connectivity index (χ3v) is 19.0. The van der Waals surface area contributed by atoms with Gasteiger partial charge in [-0.2, -0.15) is 0 Å². The molecular formula is C93H87BrClFO7S. The van der Waals surface area contributed by atoms with Gasteiger partial charge in [-0.1, -0.05) is 297 Å². The second-order valence-corrected chi connectivity index (χ2v) is 27.5. The summed E-state index contributed by atoms with van der Waals surface area (Å²) in [5, 5.41) is 0.683. The van der Waals surface area contributed by atoms with Crippen LogP contribution in [-0.2, 0) is 28.8 Å². The van der Waals surface area contributed by atoms with Gasteiger partial charge in [0.05, 0.1) is 42.6 Å². The van der Waals surface area contributed by atoms with Gasteiger partial charge in [-0.25, -0.2) is 4.39 Å².